The standard InChI is InChI=1S/C8H13BrN2O/c9-5-8(1-2-8)6-11-4-3-10-7(11)12/h1-6H2,(H,10,12). The van der Waals surface area contributed by atoms with E-state index in [1.165, 1.54) is 12.8 Å². The Balaban J connectivity index is 1.90. The average Bonchev–Trinajstić information content (AvgIpc) is 2.74. The Hall–Kier alpha value is -0.250. The van der Waals surface area contributed by atoms with E-state index in [0.717, 1.165) is 25.0 Å². The van der Waals surface area contributed by atoms with Gasteiger partial charge in [0.05, 0.1) is 0 Å². The normalized spacial score (nSPS) is 25.8. The summed E-state index contributed by atoms with van der Waals surface area (Å²) in [5.74, 6) is 0. The topological polar surface area (TPSA) is 32.3 Å². The van der Waals surface area contributed by atoms with Gasteiger partial charge in [-0.2, -0.15) is 0 Å². The Morgan fingerprint density at radius 3 is 2.75 bits per heavy atom. The molecular formula is C8H13BrN2O. The molecule has 0 radical (unpaired) electrons. The zero-order valence-corrected chi connectivity index (χ0v) is 8.56. The van der Waals surface area contributed by atoms with Crippen LogP contribution in [0.15, 0.2) is 0 Å². The molecule has 2 amide bonds. The molecule has 0 unspecified atom stereocenters. The summed E-state index contributed by atoms with van der Waals surface area (Å²) in [4.78, 5) is 13.1. The second-order valence-electron chi connectivity index (χ2n) is 3.79. The molecule has 0 aromatic rings. The van der Waals surface area contributed by atoms with Gasteiger partial charge in [-0.3, -0.25) is 0 Å². The van der Waals surface area contributed by atoms with E-state index in [0.29, 0.717) is 5.41 Å². The SMILES string of the molecule is O=C1NCCN1CC1(CBr)CC1. The molecule has 0 spiro atoms. The Kier molecular flexibility index (Phi) is 2.02. The molecule has 0 aromatic carbocycles. The Labute approximate surface area is 80.6 Å². The fourth-order valence-electron chi connectivity index (χ4n) is 1.58. The minimum absolute atomic E-state index is 0.113. The van der Waals surface area contributed by atoms with Crippen LogP contribution in [0, 0.1) is 5.41 Å². The molecule has 1 aliphatic heterocycles. The van der Waals surface area contributed by atoms with Crippen molar-refractivity contribution in [2.75, 3.05) is 25.0 Å². The molecule has 1 aliphatic carbocycles. The minimum Gasteiger partial charge on any atom is -0.336 e. The lowest BCUT2D eigenvalue weighted by Crippen LogP contribution is -2.34. The Bertz CT molecular complexity index is 203. The van der Waals surface area contributed by atoms with Crippen LogP contribution in [0.5, 0.6) is 0 Å². The van der Waals surface area contributed by atoms with Gasteiger partial charge in [0.2, 0.25) is 0 Å². The van der Waals surface area contributed by atoms with Crippen molar-refractivity contribution in [3.63, 3.8) is 0 Å². The Morgan fingerprint density at radius 1 is 1.58 bits per heavy atom. The number of rotatable bonds is 3. The number of hydrogen-bond acceptors (Lipinski definition) is 1. The summed E-state index contributed by atoms with van der Waals surface area (Å²) in [7, 11) is 0. The van der Waals surface area contributed by atoms with Crippen molar-refractivity contribution in [2.24, 2.45) is 5.41 Å². The smallest absolute Gasteiger partial charge is 0.317 e. The monoisotopic (exact) mass is 232 g/mol. The zero-order chi connectivity index (χ0) is 8.60. The second-order valence-corrected chi connectivity index (χ2v) is 4.35. The van der Waals surface area contributed by atoms with Gasteiger partial charge in [0, 0.05) is 25.0 Å². The van der Waals surface area contributed by atoms with Gasteiger partial charge in [0.15, 0.2) is 0 Å². The average molecular weight is 233 g/mol. The number of nitrogens with zero attached hydrogens (tertiary/aromatic N) is 1. The summed E-state index contributed by atoms with van der Waals surface area (Å²) in [6, 6.07) is 0.113. The molecule has 4 heteroatoms. The quantitative estimate of drug-likeness (QED) is 0.729. The fraction of sp³-hybridized carbons (Fsp3) is 0.875. The molecule has 68 valence electrons. The lowest BCUT2D eigenvalue weighted by molar-refractivity contribution is 0.208. The molecule has 0 bridgehead atoms. The summed E-state index contributed by atoms with van der Waals surface area (Å²) < 4.78 is 0. The van der Waals surface area contributed by atoms with Gasteiger partial charge in [-0.05, 0) is 18.3 Å². The van der Waals surface area contributed by atoms with Gasteiger partial charge in [0.25, 0.3) is 0 Å². The molecule has 1 saturated heterocycles. The molecule has 0 atom stereocenters. The maximum absolute atomic E-state index is 11.2. The van der Waals surface area contributed by atoms with Crippen molar-refractivity contribution >= 4 is 22.0 Å². The van der Waals surface area contributed by atoms with Gasteiger partial charge in [-0.15, -0.1) is 0 Å². The third kappa shape index (κ3) is 1.44. The van der Waals surface area contributed by atoms with Crippen molar-refractivity contribution in [1.82, 2.24) is 10.2 Å². The number of carbonyl (C=O) groups is 1. The summed E-state index contributed by atoms with van der Waals surface area (Å²) >= 11 is 3.50. The van der Waals surface area contributed by atoms with E-state index >= 15 is 0 Å². The number of halogens is 1. The molecule has 2 rings (SSSR count). The molecule has 1 heterocycles. The molecule has 12 heavy (non-hydrogen) atoms. The van der Waals surface area contributed by atoms with Crippen LogP contribution in [-0.2, 0) is 0 Å². The number of urea groups is 1. The maximum atomic E-state index is 11.2. The molecule has 0 aromatic heterocycles. The molecule has 2 fully saturated rings. The zero-order valence-electron chi connectivity index (χ0n) is 6.98. The van der Waals surface area contributed by atoms with Crippen LogP contribution >= 0.6 is 15.9 Å². The van der Waals surface area contributed by atoms with Crippen molar-refractivity contribution in [3.05, 3.63) is 0 Å². The summed E-state index contributed by atoms with van der Waals surface area (Å²) in [6.45, 7) is 2.63. The first kappa shape index (κ1) is 8.35. The third-order valence-electron chi connectivity index (χ3n) is 2.71. The van der Waals surface area contributed by atoms with Crippen molar-refractivity contribution in [1.29, 1.82) is 0 Å². The highest BCUT2D eigenvalue weighted by Crippen LogP contribution is 2.47. The lowest BCUT2D eigenvalue weighted by atomic mass is 10.1. The third-order valence-corrected chi connectivity index (χ3v) is 3.90. The lowest BCUT2D eigenvalue weighted by Gasteiger charge is -2.20. The van der Waals surface area contributed by atoms with Gasteiger partial charge in [0.1, 0.15) is 0 Å². The summed E-state index contributed by atoms with van der Waals surface area (Å²) in [5.41, 5.74) is 0.418. The van der Waals surface area contributed by atoms with E-state index in [9.17, 15) is 4.79 Å². The van der Waals surface area contributed by atoms with Crippen LogP contribution in [-0.4, -0.2) is 35.9 Å². The number of nitrogens with one attached hydrogen (secondary N) is 1. The predicted octanol–water partition coefficient (Wildman–Crippen LogP) is 1.19. The minimum atomic E-state index is 0.113. The number of hydrogen-bond donors (Lipinski definition) is 1. The van der Waals surface area contributed by atoms with Crippen molar-refractivity contribution in [2.45, 2.75) is 12.8 Å². The van der Waals surface area contributed by atoms with E-state index < -0.39 is 0 Å². The van der Waals surface area contributed by atoms with E-state index in [-0.39, 0.29) is 6.03 Å². The van der Waals surface area contributed by atoms with E-state index in [4.69, 9.17) is 0 Å². The first-order chi connectivity index (χ1) is 5.76. The molecule has 3 nitrogen and oxygen atoms in total. The Morgan fingerprint density at radius 2 is 2.33 bits per heavy atom. The molecular weight excluding hydrogens is 220 g/mol. The summed E-state index contributed by atoms with van der Waals surface area (Å²) in [6.07, 6.45) is 2.53. The van der Waals surface area contributed by atoms with E-state index in [2.05, 4.69) is 21.2 Å². The van der Waals surface area contributed by atoms with Crippen LogP contribution < -0.4 is 5.32 Å². The molecule has 1 saturated carbocycles. The van der Waals surface area contributed by atoms with Crippen LogP contribution in [0.25, 0.3) is 0 Å². The highest BCUT2D eigenvalue weighted by molar-refractivity contribution is 9.09. The van der Waals surface area contributed by atoms with Crippen LogP contribution in [0.3, 0.4) is 0 Å². The number of alkyl halides is 1. The van der Waals surface area contributed by atoms with Gasteiger partial charge < -0.3 is 10.2 Å². The molecule has 1 N–H and O–H groups in total. The predicted molar refractivity (Wildman–Crippen MR) is 50.4 cm³/mol. The summed E-state index contributed by atoms with van der Waals surface area (Å²) in [5, 5.41) is 3.85. The van der Waals surface area contributed by atoms with Gasteiger partial charge in [-0.25, -0.2) is 4.79 Å². The number of carbonyl (C=O) groups excluding carboxylic acids is 1. The van der Waals surface area contributed by atoms with Crippen molar-refractivity contribution in [3.8, 4) is 0 Å². The van der Waals surface area contributed by atoms with Gasteiger partial charge in [-0.1, -0.05) is 15.9 Å². The van der Waals surface area contributed by atoms with Crippen molar-refractivity contribution < 1.29 is 4.79 Å². The van der Waals surface area contributed by atoms with Gasteiger partial charge >= 0.3 is 6.03 Å². The van der Waals surface area contributed by atoms with E-state index in [1.54, 1.807) is 0 Å². The largest absolute Gasteiger partial charge is 0.336 e. The molecule has 2 aliphatic rings. The maximum Gasteiger partial charge on any atom is 0.317 e. The number of amides is 2. The van der Waals surface area contributed by atoms with Crippen LogP contribution in [0.2, 0.25) is 0 Å². The van der Waals surface area contributed by atoms with Crippen LogP contribution in [0.4, 0.5) is 4.79 Å². The van der Waals surface area contributed by atoms with E-state index in [1.807, 2.05) is 4.90 Å². The highest BCUT2D eigenvalue weighted by Gasteiger charge is 2.44. The van der Waals surface area contributed by atoms with Crippen LogP contribution in [0.1, 0.15) is 12.8 Å². The first-order valence-corrected chi connectivity index (χ1v) is 5.47. The first-order valence-electron chi connectivity index (χ1n) is 4.35. The second kappa shape index (κ2) is 2.91. The fourth-order valence-corrected chi connectivity index (χ4v) is 2.32. The highest BCUT2D eigenvalue weighted by atomic mass is 79.9.